The van der Waals surface area contributed by atoms with Crippen molar-refractivity contribution in [3.05, 3.63) is 0 Å². The monoisotopic (exact) mass is 375 g/mol. The van der Waals surface area contributed by atoms with Gasteiger partial charge in [0.1, 0.15) is 0 Å². The van der Waals surface area contributed by atoms with Gasteiger partial charge in [-0.2, -0.15) is 15.8 Å². The highest BCUT2D eigenvalue weighted by Gasteiger charge is 2.27. The molecular formula is C17H29N9O. The van der Waals surface area contributed by atoms with E-state index in [9.17, 15) is 4.79 Å². The molecule has 10 nitrogen and oxygen atoms in total. The number of carbonyl (C=O) groups is 1. The van der Waals surface area contributed by atoms with Gasteiger partial charge in [-0.25, -0.2) is 4.79 Å². The Kier molecular flexibility index (Phi) is 11.5. The van der Waals surface area contributed by atoms with E-state index in [1.807, 2.05) is 11.0 Å². The van der Waals surface area contributed by atoms with Crippen molar-refractivity contribution in [2.45, 2.75) is 0 Å². The van der Waals surface area contributed by atoms with Crippen LogP contribution in [0.15, 0.2) is 0 Å². The molecule has 10 heteroatoms. The van der Waals surface area contributed by atoms with Crippen molar-refractivity contribution >= 4 is 6.03 Å². The van der Waals surface area contributed by atoms with Crippen molar-refractivity contribution in [3.63, 3.8) is 0 Å². The Balaban J connectivity index is 2.39. The Morgan fingerprint density at radius 2 is 1.56 bits per heavy atom. The molecule has 0 bridgehead atoms. The molecule has 1 rings (SSSR count). The standard InChI is InChI=1S/C17H29N9O/c18-1-5-22-6-10-25-15-16-26(17(25)27)14-13-24(9-4-21)12-11-23(7-2-19)8-3-20/h22H,4-16,21H2. The molecule has 1 heterocycles. The molecule has 0 aromatic rings. The van der Waals surface area contributed by atoms with Crippen LogP contribution in [0.2, 0.25) is 0 Å². The van der Waals surface area contributed by atoms with E-state index in [2.05, 4.69) is 22.4 Å². The van der Waals surface area contributed by atoms with Crippen LogP contribution in [0.1, 0.15) is 0 Å². The predicted molar refractivity (Wildman–Crippen MR) is 100 cm³/mol. The maximum absolute atomic E-state index is 12.4. The van der Waals surface area contributed by atoms with Crippen LogP contribution >= 0.6 is 0 Å². The molecule has 0 aliphatic carbocycles. The van der Waals surface area contributed by atoms with Crippen molar-refractivity contribution in [2.24, 2.45) is 5.73 Å². The molecule has 0 aromatic carbocycles. The Morgan fingerprint density at radius 1 is 0.926 bits per heavy atom. The van der Waals surface area contributed by atoms with Gasteiger partial charge in [-0.3, -0.25) is 9.80 Å². The van der Waals surface area contributed by atoms with Gasteiger partial charge in [-0.15, -0.1) is 0 Å². The molecule has 1 aliphatic heterocycles. The highest BCUT2D eigenvalue weighted by Crippen LogP contribution is 2.08. The predicted octanol–water partition coefficient (Wildman–Crippen LogP) is -1.55. The lowest BCUT2D eigenvalue weighted by atomic mass is 10.4. The number of hydrogen-bond acceptors (Lipinski definition) is 8. The molecule has 0 spiro atoms. The van der Waals surface area contributed by atoms with Gasteiger partial charge in [0, 0.05) is 65.4 Å². The third kappa shape index (κ3) is 8.67. The van der Waals surface area contributed by atoms with E-state index in [0.717, 1.165) is 0 Å². The third-order valence-electron chi connectivity index (χ3n) is 4.40. The van der Waals surface area contributed by atoms with Crippen LogP contribution in [0.3, 0.4) is 0 Å². The summed E-state index contributed by atoms with van der Waals surface area (Å²) in [4.78, 5) is 20.0. The van der Waals surface area contributed by atoms with E-state index in [1.165, 1.54) is 0 Å². The fourth-order valence-corrected chi connectivity index (χ4v) is 2.88. The average molecular weight is 375 g/mol. The number of carbonyl (C=O) groups excluding carboxylic acids is 1. The maximum atomic E-state index is 12.4. The fourth-order valence-electron chi connectivity index (χ4n) is 2.88. The maximum Gasteiger partial charge on any atom is 0.320 e. The van der Waals surface area contributed by atoms with E-state index in [0.29, 0.717) is 65.4 Å². The molecule has 1 fully saturated rings. The second-order valence-corrected chi connectivity index (χ2v) is 6.25. The number of rotatable bonds is 14. The normalized spacial score (nSPS) is 13.9. The number of hydrogen-bond donors (Lipinski definition) is 2. The molecule has 2 amide bonds. The molecule has 0 saturated carbocycles. The Hall–Kier alpha value is -2.42. The number of urea groups is 1. The molecule has 148 valence electrons. The summed E-state index contributed by atoms with van der Waals surface area (Å²) < 4.78 is 0. The van der Waals surface area contributed by atoms with Crippen molar-refractivity contribution in [1.82, 2.24) is 24.9 Å². The number of amides is 2. The molecular weight excluding hydrogens is 346 g/mol. The van der Waals surface area contributed by atoms with Crippen LogP contribution in [-0.4, -0.2) is 111 Å². The van der Waals surface area contributed by atoms with Gasteiger partial charge in [-0.1, -0.05) is 0 Å². The average Bonchev–Trinajstić information content (AvgIpc) is 3.01. The fraction of sp³-hybridized carbons (Fsp3) is 0.765. The van der Waals surface area contributed by atoms with Gasteiger partial charge < -0.3 is 20.9 Å². The zero-order chi connectivity index (χ0) is 19.9. The van der Waals surface area contributed by atoms with E-state index in [1.54, 1.807) is 9.80 Å². The molecule has 3 N–H and O–H groups in total. The number of nitrogens with one attached hydrogen (secondary N) is 1. The van der Waals surface area contributed by atoms with Gasteiger partial charge in [0.2, 0.25) is 0 Å². The van der Waals surface area contributed by atoms with Crippen LogP contribution in [0.5, 0.6) is 0 Å². The van der Waals surface area contributed by atoms with Gasteiger partial charge in [0.25, 0.3) is 0 Å². The Morgan fingerprint density at radius 3 is 2.15 bits per heavy atom. The third-order valence-corrected chi connectivity index (χ3v) is 4.40. The minimum absolute atomic E-state index is 0.0250. The SMILES string of the molecule is N#CCNCCN1CCN(CCN(CCN)CCN(CC#N)CC#N)C1=O. The van der Waals surface area contributed by atoms with Crippen LogP contribution in [0.25, 0.3) is 0 Å². The summed E-state index contributed by atoms with van der Waals surface area (Å²) in [7, 11) is 0. The van der Waals surface area contributed by atoms with Gasteiger partial charge in [-0.05, 0) is 0 Å². The summed E-state index contributed by atoms with van der Waals surface area (Å²) >= 11 is 0. The van der Waals surface area contributed by atoms with Crippen LogP contribution < -0.4 is 11.1 Å². The van der Waals surface area contributed by atoms with Crippen LogP contribution in [0, 0.1) is 34.0 Å². The lowest BCUT2D eigenvalue weighted by Gasteiger charge is -2.27. The molecule has 27 heavy (non-hydrogen) atoms. The van der Waals surface area contributed by atoms with Gasteiger partial charge >= 0.3 is 6.03 Å². The first-order valence-corrected chi connectivity index (χ1v) is 9.16. The second-order valence-electron chi connectivity index (χ2n) is 6.25. The van der Waals surface area contributed by atoms with E-state index < -0.39 is 0 Å². The first kappa shape index (κ1) is 22.6. The van der Waals surface area contributed by atoms with Crippen molar-refractivity contribution in [3.8, 4) is 18.2 Å². The summed E-state index contributed by atoms with van der Waals surface area (Å²) in [5.74, 6) is 0. The van der Waals surface area contributed by atoms with Crippen molar-refractivity contribution < 1.29 is 4.79 Å². The number of nitrogens with zero attached hydrogens (tertiary/aromatic N) is 7. The smallest absolute Gasteiger partial charge is 0.320 e. The molecule has 0 unspecified atom stereocenters. The number of nitrogens with two attached hydrogens (primary N) is 1. The topological polar surface area (TPSA) is 139 Å². The van der Waals surface area contributed by atoms with E-state index in [-0.39, 0.29) is 25.7 Å². The Bertz CT molecular complexity index is 546. The van der Waals surface area contributed by atoms with E-state index >= 15 is 0 Å². The van der Waals surface area contributed by atoms with Crippen LogP contribution in [0.4, 0.5) is 4.79 Å². The lowest BCUT2D eigenvalue weighted by molar-refractivity contribution is 0.178. The van der Waals surface area contributed by atoms with Crippen molar-refractivity contribution in [2.75, 3.05) is 85.1 Å². The zero-order valence-electron chi connectivity index (χ0n) is 15.8. The lowest BCUT2D eigenvalue weighted by Crippen LogP contribution is -2.43. The zero-order valence-corrected chi connectivity index (χ0v) is 15.8. The van der Waals surface area contributed by atoms with Crippen molar-refractivity contribution in [1.29, 1.82) is 15.8 Å². The summed E-state index contributed by atoms with van der Waals surface area (Å²) in [5, 5.41) is 29.1. The summed E-state index contributed by atoms with van der Waals surface area (Å²) in [6, 6.07) is 6.18. The van der Waals surface area contributed by atoms with Gasteiger partial charge in [0.15, 0.2) is 0 Å². The molecule has 0 atom stereocenters. The second kappa shape index (κ2) is 13.7. The number of nitriles is 3. The quantitative estimate of drug-likeness (QED) is 0.275. The first-order valence-electron chi connectivity index (χ1n) is 9.16. The first-order chi connectivity index (χ1) is 13.2. The highest BCUT2D eigenvalue weighted by molar-refractivity contribution is 5.76. The highest BCUT2D eigenvalue weighted by atomic mass is 16.2. The summed E-state index contributed by atoms with van der Waals surface area (Å²) in [6.07, 6.45) is 0. The van der Waals surface area contributed by atoms with Crippen LogP contribution in [-0.2, 0) is 0 Å². The molecule has 1 saturated heterocycles. The molecule has 0 aromatic heterocycles. The molecule has 1 aliphatic rings. The minimum atomic E-state index is 0.0250. The summed E-state index contributed by atoms with van der Waals surface area (Å²) in [6.45, 7) is 7.20. The summed E-state index contributed by atoms with van der Waals surface area (Å²) in [5.41, 5.74) is 5.69. The Labute approximate surface area is 161 Å². The molecule has 0 radical (unpaired) electrons. The van der Waals surface area contributed by atoms with E-state index in [4.69, 9.17) is 21.5 Å². The minimum Gasteiger partial charge on any atom is -0.329 e. The van der Waals surface area contributed by atoms with Gasteiger partial charge in [0.05, 0.1) is 37.8 Å². The largest absolute Gasteiger partial charge is 0.329 e.